The van der Waals surface area contributed by atoms with Crippen LogP contribution in [0.5, 0.6) is 0 Å². The quantitative estimate of drug-likeness (QED) is 0.778. The van der Waals surface area contributed by atoms with Crippen LogP contribution in [0.1, 0.15) is 17.5 Å². The molecule has 0 fully saturated rings. The zero-order valence-electron chi connectivity index (χ0n) is 10.8. The van der Waals surface area contributed by atoms with Gasteiger partial charge in [0.25, 0.3) is 0 Å². The maximum absolute atomic E-state index is 10.5. The molecule has 0 aliphatic heterocycles. The van der Waals surface area contributed by atoms with Crippen molar-refractivity contribution in [1.29, 1.82) is 0 Å². The molecule has 96 valence electrons. The lowest BCUT2D eigenvalue weighted by atomic mass is 9.98. The summed E-state index contributed by atoms with van der Waals surface area (Å²) in [7, 11) is 1.94. The van der Waals surface area contributed by atoms with Crippen molar-refractivity contribution in [2.75, 3.05) is 0 Å². The molecule has 3 heteroatoms. The number of rotatable bonds is 3. The minimum Gasteiger partial charge on any atom is -0.388 e. The van der Waals surface area contributed by atoms with Gasteiger partial charge < -0.3 is 9.67 Å². The maximum atomic E-state index is 10.5. The Hall–Kier alpha value is -2.13. The van der Waals surface area contributed by atoms with Crippen molar-refractivity contribution in [1.82, 2.24) is 9.55 Å². The van der Waals surface area contributed by atoms with E-state index in [0.717, 1.165) is 22.2 Å². The molecule has 0 spiro atoms. The third-order valence-corrected chi connectivity index (χ3v) is 3.48. The summed E-state index contributed by atoms with van der Waals surface area (Å²) in [5.41, 5.74) is 0.959. The van der Waals surface area contributed by atoms with Crippen LogP contribution < -0.4 is 0 Å². The highest BCUT2D eigenvalue weighted by molar-refractivity contribution is 5.85. The fourth-order valence-electron chi connectivity index (χ4n) is 2.42. The van der Waals surface area contributed by atoms with Crippen molar-refractivity contribution in [3.63, 3.8) is 0 Å². The van der Waals surface area contributed by atoms with Gasteiger partial charge in [-0.05, 0) is 16.3 Å². The predicted octanol–water partition coefficient (Wildman–Crippen LogP) is 2.85. The van der Waals surface area contributed by atoms with Crippen LogP contribution >= 0.6 is 0 Å². The molecular formula is C16H16N2O. The summed E-state index contributed by atoms with van der Waals surface area (Å²) >= 11 is 0. The van der Waals surface area contributed by atoms with Crippen LogP contribution in [0.2, 0.25) is 0 Å². The summed E-state index contributed by atoms with van der Waals surface area (Å²) in [6.07, 6.45) is 3.64. The number of aromatic nitrogens is 2. The van der Waals surface area contributed by atoms with Gasteiger partial charge in [-0.3, -0.25) is 0 Å². The number of nitrogens with zero attached hydrogens (tertiary/aromatic N) is 2. The molecule has 1 atom stereocenters. The van der Waals surface area contributed by atoms with E-state index in [-0.39, 0.29) is 0 Å². The number of hydrogen-bond acceptors (Lipinski definition) is 2. The zero-order valence-corrected chi connectivity index (χ0v) is 10.8. The van der Waals surface area contributed by atoms with E-state index in [1.165, 1.54) is 0 Å². The topological polar surface area (TPSA) is 38.0 Å². The first kappa shape index (κ1) is 11.9. The summed E-state index contributed by atoms with van der Waals surface area (Å²) in [5, 5.41) is 12.7. The molecule has 0 saturated heterocycles. The zero-order chi connectivity index (χ0) is 13.2. The van der Waals surface area contributed by atoms with Crippen LogP contribution in [0, 0.1) is 0 Å². The van der Waals surface area contributed by atoms with E-state index in [4.69, 9.17) is 0 Å². The number of benzene rings is 2. The third kappa shape index (κ3) is 2.25. The number of aliphatic hydroxyl groups is 1. The second kappa shape index (κ2) is 4.86. The lowest BCUT2D eigenvalue weighted by Crippen LogP contribution is -2.07. The van der Waals surface area contributed by atoms with Crippen LogP contribution in [-0.2, 0) is 13.5 Å². The minimum absolute atomic E-state index is 0.525. The monoisotopic (exact) mass is 252 g/mol. The SMILES string of the molecule is Cn1ccnc1CC(O)c1cccc2ccccc12. The lowest BCUT2D eigenvalue weighted by Gasteiger charge is -2.13. The minimum atomic E-state index is -0.535. The van der Waals surface area contributed by atoms with Gasteiger partial charge in [-0.25, -0.2) is 4.98 Å². The predicted molar refractivity (Wildman–Crippen MR) is 75.8 cm³/mol. The van der Waals surface area contributed by atoms with Gasteiger partial charge in [0.1, 0.15) is 5.82 Å². The second-order valence-electron chi connectivity index (χ2n) is 4.74. The van der Waals surface area contributed by atoms with Gasteiger partial charge in [0, 0.05) is 25.9 Å². The summed E-state index contributed by atoms with van der Waals surface area (Å²) in [4.78, 5) is 4.26. The normalized spacial score (nSPS) is 12.7. The van der Waals surface area contributed by atoms with Gasteiger partial charge in [0.05, 0.1) is 6.10 Å². The molecule has 2 aromatic carbocycles. The Kier molecular flexibility index (Phi) is 3.05. The van der Waals surface area contributed by atoms with E-state index in [2.05, 4.69) is 17.1 Å². The Morgan fingerprint density at radius 2 is 1.95 bits per heavy atom. The number of fused-ring (bicyclic) bond motifs is 1. The standard InChI is InChI=1S/C16H16N2O/c1-18-10-9-17-16(18)11-15(19)14-8-4-6-12-5-2-3-7-13(12)14/h2-10,15,19H,11H2,1H3. The molecular weight excluding hydrogens is 236 g/mol. The summed E-state index contributed by atoms with van der Waals surface area (Å²) < 4.78 is 1.94. The van der Waals surface area contributed by atoms with E-state index >= 15 is 0 Å². The lowest BCUT2D eigenvalue weighted by molar-refractivity contribution is 0.176. The molecule has 1 aromatic heterocycles. The molecule has 1 unspecified atom stereocenters. The molecule has 0 radical (unpaired) electrons. The molecule has 1 N–H and O–H groups in total. The number of aryl methyl sites for hydroxylation is 1. The van der Waals surface area contributed by atoms with Crippen molar-refractivity contribution >= 4 is 10.8 Å². The smallest absolute Gasteiger partial charge is 0.111 e. The third-order valence-electron chi connectivity index (χ3n) is 3.48. The first-order valence-corrected chi connectivity index (χ1v) is 6.37. The molecule has 3 aromatic rings. The Morgan fingerprint density at radius 3 is 2.74 bits per heavy atom. The van der Waals surface area contributed by atoms with Gasteiger partial charge in [0.15, 0.2) is 0 Å². The van der Waals surface area contributed by atoms with Crippen LogP contribution in [0.25, 0.3) is 10.8 Å². The summed E-state index contributed by atoms with van der Waals surface area (Å²) in [6, 6.07) is 14.1. The van der Waals surface area contributed by atoms with E-state index in [0.29, 0.717) is 6.42 Å². The molecule has 1 heterocycles. The van der Waals surface area contributed by atoms with Crippen molar-refractivity contribution in [3.05, 3.63) is 66.2 Å². The second-order valence-corrected chi connectivity index (χ2v) is 4.74. The molecule has 3 rings (SSSR count). The van der Waals surface area contributed by atoms with Gasteiger partial charge >= 0.3 is 0 Å². The van der Waals surface area contributed by atoms with Crippen LogP contribution in [0.3, 0.4) is 0 Å². The average molecular weight is 252 g/mol. The molecule has 0 aliphatic rings. The van der Waals surface area contributed by atoms with E-state index in [9.17, 15) is 5.11 Å². The Bertz CT molecular complexity index is 697. The van der Waals surface area contributed by atoms with E-state index < -0.39 is 6.10 Å². The highest BCUT2D eigenvalue weighted by Crippen LogP contribution is 2.26. The van der Waals surface area contributed by atoms with Gasteiger partial charge in [0.2, 0.25) is 0 Å². The molecule has 19 heavy (non-hydrogen) atoms. The summed E-state index contributed by atoms with van der Waals surface area (Å²) in [5.74, 6) is 0.889. The van der Waals surface area contributed by atoms with Gasteiger partial charge in [-0.2, -0.15) is 0 Å². The van der Waals surface area contributed by atoms with Crippen LogP contribution in [-0.4, -0.2) is 14.7 Å². The Balaban J connectivity index is 1.98. The van der Waals surface area contributed by atoms with Crippen LogP contribution in [0.4, 0.5) is 0 Å². The number of aliphatic hydroxyl groups excluding tert-OH is 1. The molecule has 0 amide bonds. The van der Waals surface area contributed by atoms with Crippen molar-refractivity contribution in [2.24, 2.45) is 7.05 Å². The number of hydrogen-bond donors (Lipinski definition) is 1. The fraction of sp³-hybridized carbons (Fsp3) is 0.188. The first-order valence-electron chi connectivity index (χ1n) is 6.37. The highest BCUT2D eigenvalue weighted by Gasteiger charge is 2.13. The van der Waals surface area contributed by atoms with Gasteiger partial charge in [-0.15, -0.1) is 0 Å². The maximum Gasteiger partial charge on any atom is 0.111 e. The van der Waals surface area contributed by atoms with Crippen molar-refractivity contribution < 1.29 is 5.11 Å². The van der Waals surface area contributed by atoms with Crippen molar-refractivity contribution in [3.8, 4) is 0 Å². The Morgan fingerprint density at radius 1 is 1.16 bits per heavy atom. The molecule has 0 saturated carbocycles. The molecule has 0 aliphatic carbocycles. The average Bonchev–Trinajstić information content (AvgIpc) is 2.83. The van der Waals surface area contributed by atoms with Crippen LogP contribution in [0.15, 0.2) is 54.9 Å². The molecule has 3 nitrogen and oxygen atoms in total. The largest absolute Gasteiger partial charge is 0.388 e. The fourth-order valence-corrected chi connectivity index (χ4v) is 2.42. The van der Waals surface area contributed by atoms with E-state index in [1.807, 2.05) is 48.1 Å². The van der Waals surface area contributed by atoms with E-state index in [1.54, 1.807) is 6.20 Å². The Labute approximate surface area is 112 Å². The number of imidazole rings is 1. The van der Waals surface area contributed by atoms with Gasteiger partial charge in [-0.1, -0.05) is 42.5 Å². The van der Waals surface area contributed by atoms with Crippen molar-refractivity contribution in [2.45, 2.75) is 12.5 Å². The molecule has 0 bridgehead atoms. The summed E-state index contributed by atoms with van der Waals surface area (Å²) in [6.45, 7) is 0. The highest BCUT2D eigenvalue weighted by atomic mass is 16.3. The first-order chi connectivity index (χ1) is 9.25.